The highest BCUT2D eigenvalue weighted by atomic mass is 16.5. The van der Waals surface area contributed by atoms with Gasteiger partial charge in [-0.25, -0.2) is 0 Å². The second-order valence-corrected chi connectivity index (χ2v) is 3.60. The van der Waals surface area contributed by atoms with Gasteiger partial charge in [0.15, 0.2) is 0 Å². The molecule has 0 amide bonds. The van der Waals surface area contributed by atoms with Crippen molar-refractivity contribution in [2.75, 3.05) is 13.2 Å². The Kier molecular flexibility index (Phi) is 14.1. The summed E-state index contributed by atoms with van der Waals surface area (Å²) >= 11 is 0. The number of unbranched alkanes of at least 4 members (excludes halogenated alkanes) is 1. The molecule has 14 heavy (non-hydrogen) atoms. The first-order valence-electron chi connectivity index (χ1n) is 5.28. The number of hydrogen-bond acceptors (Lipinski definition) is 3. The lowest BCUT2D eigenvalue weighted by Crippen LogP contribution is -1.99. The van der Waals surface area contributed by atoms with Crippen molar-refractivity contribution >= 4 is 5.97 Å². The third-order valence-electron chi connectivity index (χ3n) is 1.51. The summed E-state index contributed by atoms with van der Waals surface area (Å²) in [5, 5.41) is 8.24. The molecule has 0 spiro atoms. The fraction of sp³-hybridized carbons (Fsp3) is 0.909. The molecule has 0 aromatic carbocycles. The lowest BCUT2D eigenvalue weighted by Gasteiger charge is -1.96. The zero-order valence-corrected chi connectivity index (χ0v) is 9.88. The van der Waals surface area contributed by atoms with E-state index >= 15 is 0 Å². The number of carbonyl (C=O) groups excluding carboxylic acids is 1. The van der Waals surface area contributed by atoms with Gasteiger partial charge in [-0.3, -0.25) is 4.79 Å². The van der Waals surface area contributed by atoms with Crippen LogP contribution in [0.5, 0.6) is 0 Å². The van der Waals surface area contributed by atoms with Crippen LogP contribution < -0.4 is 0 Å². The van der Waals surface area contributed by atoms with Gasteiger partial charge in [0.25, 0.3) is 0 Å². The molecule has 1 N–H and O–H groups in total. The summed E-state index contributed by atoms with van der Waals surface area (Å²) in [6.07, 6.45) is 2.98. The normalized spacial score (nSPS) is 9.29. The Morgan fingerprint density at radius 2 is 2.00 bits per heavy atom. The molecule has 0 aliphatic rings. The average molecular weight is 204 g/mol. The number of carbonyl (C=O) groups is 1. The molecule has 0 unspecified atom stereocenters. The molecule has 0 heterocycles. The van der Waals surface area contributed by atoms with Crippen LogP contribution in [0.1, 0.15) is 47.0 Å². The molecular weight excluding hydrogens is 180 g/mol. The molecule has 0 aromatic heterocycles. The first-order chi connectivity index (χ1) is 6.54. The maximum atomic E-state index is 10.1. The van der Waals surface area contributed by atoms with Crippen molar-refractivity contribution in [3.05, 3.63) is 0 Å². The number of hydrogen-bond donors (Lipinski definition) is 1. The van der Waals surface area contributed by atoms with E-state index in [1.165, 1.54) is 6.92 Å². The van der Waals surface area contributed by atoms with E-state index in [0.717, 1.165) is 19.3 Å². The first kappa shape index (κ1) is 15.9. The first-order valence-corrected chi connectivity index (χ1v) is 5.28. The third kappa shape index (κ3) is 22.5. The summed E-state index contributed by atoms with van der Waals surface area (Å²) in [6.45, 7) is 8.58. The summed E-state index contributed by atoms with van der Waals surface area (Å²) in [4.78, 5) is 10.1. The van der Waals surface area contributed by atoms with Crippen molar-refractivity contribution in [2.24, 2.45) is 5.92 Å². The molecule has 0 rings (SSSR count). The highest BCUT2D eigenvalue weighted by Gasteiger charge is 1.88. The number of aliphatic hydroxyl groups is 1. The monoisotopic (exact) mass is 204 g/mol. The van der Waals surface area contributed by atoms with Crippen molar-refractivity contribution in [1.29, 1.82) is 0 Å². The van der Waals surface area contributed by atoms with Crippen molar-refractivity contribution in [1.82, 2.24) is 0 Å². The molecule has 3 heteroatoms. The smallest absolute Gasteiger partial charge is 0.302 e. The minimum absolute atomic E-state index is 0.182. The molecule has 0 fully saturated rings. The van der Waals surface area contributed by atoms with E-state index in [2.05, 4.69) is 25.5 Å². The summed E-state index contributed by atoms with van der Waals surface area (Å²) in [5.74, 6) is 0.466. The van der Waals surface area contributed by atoms with Crippen LogP contribution in [0.3, 0.4) is 0 Å². The number of aliphatic hydroxyl groups excluding tert-OH is 1. The summed E-state index contributed by atoms with van der Waals surface area (Å²) in [6, 6.07) is 0. The molecule has 0 atom stereocenters. The van der Waals surface area contributed by atoms with Gasteiger partial charge in [-0.2, -0.15) is 0 Å². The van der Waals surface area contributed by atoms with Crippen LogP contribution in [0.15, 0.2) is 0 Å². The predicted octanol–water partition coefficient (Wildman–Crippen LogP) is 2.37. The van der Waals surface area contributed by atoms with Gasteiger partial charge in [-0.05, 0) is 18.8 Å². The number of esters is 1. The van der Waals surface area contributed by atoms with Crippen molar-refractivity contribution in [2.45, 2.75) is 47.0 Å². The Morgan fingerprint density at radius 3 is 2.21 bits per heavy atom. The van der Waals surface area contributed by atoms with Gasteiger partial charge in [0.2, 0.25) is 0 Å². The minimum Gasteiger partial charge on any atom is -0.466 e. The predicted molar refractivity (Wildman–Crippen MR) is 58.1 cm³/mol. The van der Waals surface area contributed by atoms with Crippen LogP contribution in [-0.2, 0) is 9.53 Å². The SMILES string of the molecule is CC(C)CCO.CCCCOC(C)=O. The maximum absolute atomic E-state index is 10.1. The topological polar surface area (TPSA) is 46.5 Å². The zero-order valence-electron chi connectivity index (χ0n) is 9.88. The van der Waals surface area contributed by atoms with E-state index in [-0.39, 0.29) is 5.97 Å². The van der Waals surface area contributed by atoms with Crippen LogP contribution in [0, 0.1) is 5.92 Å². The molecule has 0 saturated heterocycles. The quantitative estimate of drug-likeness (QED) is 0.552. The van der Waals surface area contributed by atoms with Crippen molar-refractivity contribution < 1.29 is 14.6 Å². The molecule has 0 aliphatic heterocycles. The van der Waals surface area contributed by atoms with Crippen molar-refractivity contribution in [3.63, 3.8) is 0 Å². The molecule has 0 bridgehead atoms. The standard InChI is InChI=1S/C6H12O2.C5H12O/c1-3-4-5-8-6(2)7;1-5(2)3-4-6/h3-5H2,1-2H3;5-6H,3-4H2,1-2H3. The van der Waals surface area contributed by atoms with Gasteiger partial charge in [0, 0.05) is 13.5 Å². The van der Waals surface area contributed by atoms with Gasteiger partial charge in [-0.15, -0.1) is 0 Å². The molecule has 0 aliphatic carbocycles. The van der Waals surface area contributed by atoms with Crippen molar-refractivity contribution in [3.8, 4) is 0 Å². The van der Waals surface area contributed by atoms with Gasteiger partial charge < -0.3 is 9.84 Å². The van der Waals surface area contributed by atoms with E-state index in [1.807, 2.05) is 0 Å². The van der Waals surface area contributed by atoms with E-state index < -0.39 is 0 Å². The van der Waals surface area contributed by atoms with Gasteiger partial charge in [0.05, 0.1) is 6.61 Å². The number of rotatable bonds is 5. The van der Waals surface area contributed by atoms with Gasteiger partial charge >= 0.3 is 5.97 Å². The average Bonchev–Trinajstić information content (AvgIpc) is 2.05. The summed E-state index contributed by atoms with van der Waals surface area (Å²) in [5.41, 5.74) is 0. The number of ether oxygens (including phenoxy) is 1. The lowest BCUT2D eigenvalue weighted by atomic mass is 10.2. The lowest BCUT2D eigenvalue weighted by molar-refractivity contribution is -0.141. The Labute approximate surface area is 87.5 Å². The van der Waals surface area contributed by atoms with E-state index in [0.29, 0.717) is 19.1 Å². The molecule has 3 nitrogen and oxygen atoms in total. The van der Waals surface area contributed by atoms with Crippen LogP contribution in [-0.4, -0.2) is 24.3 Å². The van der Waals surface area contributed by atoms with Gasteiger partial charge in [-0.1, -0.05) is 27.2 Å². The highest BCUT2D eigenvalue weighted by Crippen LogP contribution is 1.94. The minimum atomic E-state index is -0.182. The third-order valence-corrected chi connectivity index (χ3v) is 1.51. The van der Waals surface area contributed by atoms with Gasteiger partial charge in [0.1, 0.15) is 0 Å². The van der Waals surface area contributed by atoms with E-state index in [1.54, 1.807) is 0 Å². The zero-order chi connectivity index (χ0) is 11.4. The van der Waals surface area contributed by atoms with Crippen LogP contribution in [0.2, 0.25) is 0 Å². The second kappa shape index (κ2) is 12.4. The van der Waals surface area contributed by atoms with E-state index in [4.69, 9.17) is 5.11 Å². The molecule has 0 aromatic rings. The van der Waals surface area contributed by atoms with Crippen LogP contribution in [0.4, 0.5) is 0 Å². The molecule has 0 saturated carbocycles. The molecule has 86 valence electrons. The van der Waals surface area contributed by atoms with Crippen LogP contribution in [0.25, 0.3) is 0 Å². The Bertz CT molecular complexity index is 122. The summed E-state index contributed by atoms with van der Waals surface area (Å²) < 4.78 is 4.64. The second-order valence-electron chi connectivity index (χ2n) is 3.60. The largest absolute Gasteiger partial charge is 0.466 e. The Morgan fingerprint density at radius 1 is 1.43 bits per heavy atom. The Hall–Kier alpha value is -0.570. The molecule has 0 radical (unpaired) electrons. The summed E-state index contributed by atoms with van der Waals surface area (Å²) in [7, 11) is 0. The maximum Gasteiger partial charge on any atom is 0.302 e. The van der Waals surface area contributed by atoms with Crippen LogP contribution >= 0.6 is 0 Å². The fourth-order valence-electron chi connectivity index (χ4n) is 0.618. The highest BCUT2D eigenvalue weighted by molar-refractivity contribution is 5.65. The fourth-order valence-corrected chi connectivity index (χ4v) is 0.618. The van der Waals surface area contributed by atoms with E-state index in [9.17, 15) is 4.79 Å². The Balaban J connectivity index is 0. The molecular formula is C11H24O3.